The number of methoxy groups -OCH3 is 1. The maximum atomic E-state index is 11.1. The molecule has 1 atom stereocenters. The number of carboxylic acids is 1. The fraction of sp³-hybridized carbons (Fsp3) is 0.364. The zero-order valence-electron chi connectivity index (χ0n) is 17.2. The van der Waals surface area contributed by atoms with Gasteiger partial charge >= 0.3 is 5.97 Å². The Bertz CT molecular complexity index is 1020. The number of carboxylic acid groups (broad SMARTS) is 1. The monoisotopic (exact) mass is 424 g/mol. The highest BCUT2D eigenvalue weighted by atomic mass is 16.5. The summed E-state index contributed by atoms with van der Waals surface area (Å²) in [7, 11) is 1.61. The summed E-state index contributed by atoms with van der Waals surface area (Å²) in [5.74, 6) is 0.508. The van der Waals surface area contributed by atoms with E-state index < -0.39 is 5.97 Å². The molecule has 2 aromatic heterocycles. The molecular formula is C22H24N4O5. The highest BCUT2D eigenvalue weighted by molar-refractivity contribution is 5.87. The maximum absolute atomic E-state index is 11.1. The first kappa shape index (κ1) is 21.0. The van der Waals surface area contributed by atoms with Crippen LogP contribution in [0.15, 0.2) is 47.1 Å². The Hall–Kier alpha value is -3.30. The van der Waals surface area contributed by atoms with Crippen LogP contribution in [0.4, 0.5) is 0 Å². The minimum atomic E-state index is -0.926. The smallest absolute Gasteiger partial charge is 0.335 e. The van der Waals surface area contributed by atoms with Crippen molar-refractivity contribution >= 4 is 5.97 Å². The molecule has 0 saturated carbocycles. The van der Waals surface area contributed by atoms with E-state index in [1.54, 1.807) is 31.5 Å². The second-order valence-corrected chi connectivity index (χ2v) is 7.28. The van der Waals surface area contributed by atoms with Gasteiger partial charge in [-0.3, -0.25) is 4.90 Å². The number of ether oxygens (including phenoxy) is 2. The van der Waals surface area contributed by atoms with Crippen molar-refractivity contribution in [3.8, 4) is 17.3 Å². The van der Waals surface area contributed by atoms with E-state index in [0.717, 1.165) is 24.9 Å². The third kappa shape index (κ3) is 4.89. The van der Waals surface area contributed by atoms with Crippen molar-refractivity contribution in [3.05, 3.63) is 59.6 Å². The van der Waals surface area contributed by atoms with Crippen molar-refractivity contribution in [1.29, 1.82) is 0 Å². The first-order chi connectivity index (χ1) is 15.2. The van der Waals surface area contributed by atoms with Gasteiger partial charge in [0.15, 0.2) is 0 Å². The van der Waals surface area contributed by atoms with Gasteiger partial charge in [0.2, 0.25) is 17.6 Å². The van der Waals surface area contributed by atoms with Gasteiger partial charge in [-0.05, 0) is 49.2 Å². The Labute approximate surface area is 179 Å². The summed E-state index contributed by atoms with van der Waals surface area (Å²) < 4.78 is 16.3. The molecule has 1 saturated heterocycles. The van der Waals surface area contributed by atoms with E-state index in [2.05, 4.69) is 20.0 Å². The normalized spacial score (nSPS) is 16.5. The number of rotatable bonds is 9. The number of nitrogens with zero attached hydrogens (tertiary/aromatic N) is 4. The minimum absolute atomic E-state index is 0.00920. The van der Waals surface area contributed by atoms with Crippen LogP contribution in [0.25, 0.3) is 11.4 Å². The summed E-state index contributed by atoms with van der Waals surface area (Å²) in [4.78, 5) is 22.2. The van der Waals surface area contributed by atoms with Gasteiger partial charge in [-0.2, -0.15) is 4.98 Å². The summed E-state index contributed by atoms with van der Waals surface area (Å²) in [6, 6.07) is 10.6. The average Bonchev–Trinajstić information content (AvgIpc) is 3.44. The predicted octanol–water partition coefficient (Wildman–Crippen LogP) is 3.19. The molecule has 3 aromatic rings. The number of carbonyl (C=O) groups is 1. The van der Waals surface area contributed by atoms with Crippen molar-refractivity contribution in [3.63, 3.8) is 0 Å². The molecule has 0 bridgehead atoms. The van der Waals surface area contributed by atoms with Crippen molar-refractivity contribution in [1.82, 2.24) is 20.0 Å². The largest absolute Gasteiger partial charge is 0.478 e. The lowest BCUT2D eigenvalue weighted by Gasteiger charge is -2.21. The Morgan fingerprint density at radius 3 is 2.87 bits per heavy atom. The number of aromatic nitrogens is 3. The SMILES string of the molecule is COCCOc1ncccc1-c1noc(C2CCCN2Cc2ccc(C(=O)O)cc2)n1. The third-order valence-corrected chi connectivity index (χ3v) is 5.22. The lowest BCUT2D eigenvalue weighted by molar-refractivity contribution is 0.0697. The zero-order chi connectivity index (χ0) is 21.6. The molecule has 3 heterocycles. The number of aromatic carboxylic acids is 1. The predicted molar refractivity (Wildman–Crippen MR) is 111 cm³/mol. The van der Waals surface area contributed by atoms with Crippen LogP contribution in [-0.2, 0) is 11.3 Å². The van der Waals surface area contributed by atoms with E-state index in [1.807, 2.05) is 18.2 Å². The van der Waals surface area contributed by atoms with Gasteiger partial charge < -0.3 is 19.1 Å². The molecule has 1 aliphatic rings. The van der Waals surface area contributed by atoms with Crippen molar-refractivity contribution < 1.29 is 23.9 Å². The lowest BCUT2D eigenvalue weighted by Crippen LogP contribution is -2.23. The Balaban J connectivity index is 1.49. The minimum Gasteiger partial charge on any atom is -0.478 e. The number of benzene rings is 1. The molecule has 1 aliphatic heterocycles. The molecule has 9 heteroatoms. The molecule has 0 radical (unpaired) electrons. The average molecular weight is 424 g/mol. The van der Waals surface area contributed by atoms with Gasteiger partial charge in [-0.25, -0.2) is 9.78 Å². The number of hydrogen-bond acceptors (Lipinski definition) is 8. The number of pyridine rings is 1. The van der Waals surface area contributed by atoms with Crippen molar-refractivity contribution in [2.75, 3.05) is 26.9 Å². The molecule has 0 aliphatic carbocycles. The van der Waals surface area contributed by atoms with E-state index in [1.165, 1.54) is 0 Å². The molecule has 1 fully saturated rings. The molecule has 1 unspecified atom stereocenters. The van der Waals surface area contributed by atoms with E-state index >= 15 is 0 Å². The van der Waals surface area contributed by atoms with Gasteiger partial charge in [-0.1, -0.05) is 17.3 Å². The van der Waals surface area contributed by atoms with Crippen LogP contribution in [0.5, 0.6) is 5.88 Å². The van der Waals surface area contributed by atoms with Crippen LogP contribution in [-0.4, -0.2) is 58.0 Å². The molecule has 4 rings (SSSR count). The van der Waals surface area contributed by atoms with Gasteiger partial charge in [0.1, 0.15) is 6.61 Å². The van der Waals surface area contributed by atoms with Crippen LogP contribution in [0, 0.1) is 0 Å². The summed E-state index contributed by atoms with van der Waals surface area (Å²) in [6.07, 6.45) is 3.59. The molecule has 0 amide bonds. The summed E-state index contributed by atoms with van der Waals surface area (Å²) in [5, 5.41) is 13.2. The highest BCUT2D eigenvalue weighted by Crippen LogP contribution is 2.34. The molecule has 1 aromatic carbocycles. The number of likely N-dealkylation sites (tertiary alicyclic amines) is 1. The number of hydrogen-bond donors (Lipinski definition) is 1. The highest BCUT2D eigenvalue weighted by Gasteiger charge is 2.31. The van der Waals surface area contributed by atoms with Gasteiger partial charge in [0, 0.05) is 19.9 Å². The van der Waals surface area contributed by atoms with Gasteiger partial charge in [0.25, 0.3) is 0 Å². The van der Waals surface area contributed by atoms with E-state index in [0.29, 0.717) is 42.9 Å². The van der Waals surface area contributed by atoms with Crippen LogP contribution in [0.1, 0.15) is 40.7 Å². The second kappa shape index (κ2) is 9.67. The van der Waals surface area contributed by atoms with Crippen molar-refractivity contribution in [2.24, 2.45) is 0 Å². The van der Waals surface area contributed by atoms with Crippen LogP contribution in [0.3, 0.4) is 0 Å². The van der Waals surface area contributed by atoms with E-state index in [4.69, 9.17) is 19.1 Å². The Kier molecular flexibility index (Phi) is 6.54. The second-order valence-electron chi connectivity index (χ2n) is 7.28. The van der Waals surface area contributed by atoms with Crippen LogP contribution >= 0.6 is 0 Å². The Morgan fingerprint density at radius 2 is 2.10 bits per heavy atom. The maximum Gasteiger partial charge on any atom is 0.335 e. The molecule has 1 N–H and O–H groups in total. The third-order valence-electron chi connectivity index (χ3n) is 5.22. The van der Waals surface area contributed by atoms with E-state index in [9.17, 15) is 4.79 Å². The Morgan fingerprint density at radius 1 is 1.26 bits per heavy atom. The molecule has 9 nitrogen and oxygen atoms in total. The quantitative estimate of drug-likeness (QED) is 0.518. The van der Waals surface area contributed by atoms with Gasteiger partial charge in [-0.15, -0.1) is 0 Å². The van der Waals surface area contributed by atoms with Gasteiger partial charge in [0.05, 0.1) is 23.8 Å². The topological polar surface area (TPSA) is 111 Å². The first-order valence-corrected chi connectivity index (χ1v) is 10.1. The van der Waals surface area contributed by atoms with E-state index in [-0.39, 0.29) is 11.6 Å². The standard InChI is InChI=1S/C22H24N4O5/c1-29-12-13-30-20-17(4-2-10-23-20)19-24-21(31-25-19)18-5-3-11-26(18)14-15-6-8-16(9-7-15)22(27)28/h2,4,6-10,18H,3,5,11-14H2,1H3,(H,27,28). The molecular weight excluding hydrogens is 400 g/mol. The fourth-order valence-corrected chi connectivity index (χ4v) is 3.66. The summed E-state index contributed by atoms with van der Waals surface area (Å²) >= 11 is 0. The lowest BCUT2D eigenvalue weighted by atomic mass is 10.1. The fourth-order valence-electron chi connectivity index (χ4n) is 3.66. The summed E-state index contributed by atoms with van der Waals surface area (Å²) in [6.45, 7) is 2.42. The zero-order valence-corrected chi connectivity index (χ0v) is 17.2. The van der Waals surface area contributed by atoms with Crippen LogP contribution in [0.2, 0.25) is 0 Å². The molecule has 0 spiro atoms. The molecule has 162 valence electrons. The van der Waals surface area contributed by atoms with Crippen molar-refractivity contribution in [2.45, 2.75) is 25.4 Å². The first-order valence-electron chi connectivity index (χ1n) is 10.1. The molecule has 31 heavy (non-hydrogen) atoms. The summed E-state index contributed by atoms with van der Waals surface area (Å²) in [5.41, 5.74) is 1.99. The van der Waals surface area contributed by atoms with Crippen LogP contribution < -0.4 is 4.74 Å².